The van der Waals surface area contributed by atoms with Gasteiger partial charge in [-0.15, -0.1) is 23.2 Å². The van der Waals surface area contributed by atoms with Crippen molar-refractivity contribution in [3.8, 4) is 0 Å². The Morgan fingerprint density at radius 1 is 1.20 bits per heavy atom. The molecule has 1 atom stereocenters. The molecule has 0 bridgehead atoms. The Hall–Kier alpha value is 0.580. The van der Waals surface area contributed by atoms with Crippen LogP contribution in [-0.4, -0.2) is 11.3 Å². The fourth-order valence-corrected chi connectivity index (χ4v) is 0. The van der Waals surface area contributed by atoms with E-state index in [0.717, 1.165) is 12.3 Å². The first-order valence-corrected chi connectivity index (χ1v) is 4.71. The van der Waals surface area contributed by atoms with Crippen LogP contribution in [0.1, 0.15) is 34.1 Å². The van der Waals surface area contributed by atoms with Gasteiger partial charge in [-0.25, -0.2) is 0 Å². The zero-order valence-corrected chi connectivity index (χ0v) is 8.84. The molecule has 0 heterocycles. The zero-order valence-electron chi connectivity index (χ0n) is 7.32. The van der Waals surface area contributed by atoms with Crippen molar-refractivity contribution in [3.05, 3.63) is 0 Å². The summed E-state index contributed by atoms with van der Waals surface area (Å²) in [4.78, 5) is 0. The van der Waals surface area contributed by atoms with Gasteiger partial charge in [0, 0.05) is 11.3 Å². The third kappa shape index (κ3) is 23.5. The summed E-state index contributed by atoms with van der Waals surface area (Å²) >= 11 is 10.8. The van der Waals surface area contributed by atoms with E-state index >= 15 is 0 Å². The van der Waals surface area contributed by atoms with Crippen LogP contribution in [0.5, 0.6) is 0 Å². The van der Waals surface area contributed by atoms with Crippen molar-refractivity contribution in [2.45, 2.75) is 39.5 Å². The summed E-state index contributed by atoms with van der Waals surface area (Å²) < 4.78 is 0. The van der Waals surface area contributed by atoms with Crippen LogP contribution in [0.4, 0.5) is 0 Å². The third-order valence-electron chi connectivity index (χ3n) is 0.871. The summed E-state index contributed by atoms with van der Waals surface area (Å²) in [6, 6.07) is 0. The highest BCUT2D eigenvalue weighted by molar-refractivity contribution is 6.20. The SMILES string of the molecule is CC(C)CCl.CCC(C)Cl. The van der Waals surface area contributed by atoms with E-state index in [0.29, 0.717) is 11.3 Å². The molecule has 10 heavy (non-hydrogen) atoms. The normalized spacial score (nSPS) is 12.3. The highest BCUT2D eigenvalue weighted by Crippen LogP contribution is 1.95. The molecule has 0 aliphatic carbocycles. The minimum atomic E-state index is 0.356. The fraction of sp³-hybridized carbons (Fsp3) is 1.00. The van der Waals surface area contributed by atoms with Crippen molar-refractivity contribution in [1.29, 1.82) is 0 Å². The van der Waals surface area contributed by atoms with Crippen LogP contribution >= 0.6 is 23.2 Å². The fourth-order valence-electron chi connectivity index (χ4n) is 0. The molecule has 2 heteroatoms. The van der Waals surface area contributed by atoms with Gasteiger partial charge in [0.1, 0.15) is 0 Å². The lowest BCUT2D eigenvalue weighted by Crippen LogP contribution is -1.83. The molecule has 0 aliphatic rings. The summed E-state index contributed by atoms with van der Waals surface area (Å²) in [6.45, 7) is 8.24. The maximum Gasteiger partial charge on any atom is 0.0305 e. The van der Waals surface area contributed by atoms with Gasteiger partial charge >= 0.3 is 0 Å². The van der Waals surface area contributed by atoms with Gasteiger partial charge in [-0.3, -0.25) is 0 Å². The van der Waals surface area contributed by atoms with Crippen molar-refractivity contribution in [1.82, 2.24) is 0 Å². The molecule has 0 aliphatic heterocycles. The van der Waals surface area contributed by atoms with Gasteiger partial charge in [0.25, 0.3) is 0 Å². The smallest absolute Gasteiger partial charge is 0.0305 e. The molecular formula is C8H18Cl2. The van der Waals surface area contributed by atoms with Gasteiger partial charge in [0.05, 0.1) is 0 Å². The first kappa shape index (κ1) is 13.2. The number of halogens is 2. The largest absolute Gasteiger partial charge is 0.126 e. The highest BCUT2D eigenvalue weighted by atomic mass is 35.5. The predicted octanol–water partition coefficient (Wildman–Crippen LogP) is 3.90. The van der Waals surface area contributed by atoms with E-state index in [2.05, 4.69) is 20.8 Å². The molecule has 0 saturated heterocycles. The number of hydrogen-bond acceptors (Lipinski definition) is 0. The summed E-state index contributed by atoms with van der Waals surface area (Å²) in [5.41, 5.74) is 0. The average Bonchev–Trinajstić information content (AvgIpc) is 1.89. The van der Waals surface area contributed by atoms with Gasteiger partial charge in [-0.05, 0) is 19.3 Å². The summed E-state index contributed by atoms with van der Waals surface area (Å²) in [7, 11) is 0. The number of rotatable bonds is 2. The molecule has 0 spiro atoms. The molecule has 64 valence electrons. The second kappa shape index (κ2) is 9.58. The van der Waals surface area contributed by atoms with Crippen LogP contribution < -0.4 is 0 Å². The first-order valence-electron chi connectivity index (χ1n) is 3.74. The van der Waals surface area contributed by atoms with E-state index in [1.807, 2.05) is 6.92 Å². The van der Waals surface area contributed by atoms with Crippen molar-refractivity contribution in [2.75, 3.05) is 5.88 Å². The van der Waals surface area contributed by atoms with Crippen LogP contribution in [0, 0.1) is 5.92 Å². The minimum absolute atomic E-state index is 0.356. The van der Waals surface area contributed by atoms with E-state index in [9.17, 15) is 0 Å². The standard InChI is InChI=1S/2C4H9Cl/c1-4(2)3-5;1-3-4(2)5/h2*4H,3H2,1-2H3. The van der Waals surface area contributed by atoms with Crippen LogP contribution in [0.3, 0.4) is 0 Å². The van der Waals surface area contributed by atoms with Crippen molar-refractivity contribution >= 4 is 23.2 Å². The molecule has 0 fully saturated rings. The Labute approximate surface area is 74.9 Å². The maximum absolute atomic E-state index is 5.46. The second-order valence-electron chi connectivity index (χ2n) is 2.74. The maximum atomic E-state index is 5.46. The summed E-state index contributed by atoms with van der Waals surface area (Å²) in [5, 5.41) is 0.356. The predicted molar refractivity (Wildman–Crippen MR) is 51.2 cm³/mol. The van der Waals surface area contributed by atoms with E-state index < -0.39 is 0 Å². The molecule has 0 saturated carbocycles. The molecule has 0 radical (unpaired) electrons. The zero-order chi connectivity index (χ0) is 8.57. The van der Waals surface area contributed by atoms with Crippen LogP contribution in [0.25, 0.3) is 0 Å². The number of alkyl halides is 2. The van der Waals surface area contributed by atoms with E-state index in [4.69, 9.17) is 23.2 Å². The lowest BCUT2D eigenvalue weighted by Gasteiger charge is -1.88. The molecule has 0 N–H and O–H groups in total. The Morgan fingerprint density at radius 2 is 1.40 bits per heavy atom. The number of hydrogen-bond donors (Lipinski definition) is 0. The van der Waals surface area contributed by atoms with Crippen LogP contribution in [-0.2, 0) is 0 Å². The second-order valence-corrected chi connectivity index (χ2v) is 3.79. The Morgan fingerprint density at radius 3 is 1.40 bits per heavy atom. The van der Waals surface area contributed by atoms with Crippen LogP contribution in [0.2, 0.25) is 0 Å². The molecule has 1 unspecified atom stereocenters. The molecule has 0 amide bonds. The molecule has 0 nitrogen and oxygen atoms in total. The molecule has 0 aromatic carbocycles. The average molecular weight is 185 g/mol. The van der Waals surface area contributed by atoms with Crippen LogP contribution in [0.15, 0.2) is 0 Å². The topological polar surface area (TPSA) is 0 Å². The Kier molecular flexibility index (Phi) is 12.6. The van der Waals surface area contributed by atoms with Gasteiger partial charge < -0.3 is 0 Å². The van der Waals surface area contributed by atoms with E-state index in [1.54, 1.807) is 0 Å². The van der Waals surface area contributed by atoms with E-state index in [1.165, 1.54) is 0 Å². The summed E-state index contributed by atoms with van der Waals surface area (Å²) in [5.74, 6) is 1.43. The van der Waals surface area contributed by atoms with Gasteiger partial charge in [0.15, 0.2) is 0 Å². The quantitative estimate of drug-likeness (QED) is 0.572. The lowest BCUT2D eigenvalue weighted by molar-refractivity contribution is 0.745. The van der Waals surface area contributed by atoms with Crippen molar-refractivity contribution < 1.29 is 0 Å². The molecule has 0 aromatic heterocycles. The first-order chi connectivity index (χ1) is 4.54. The summed E-state index contributed by atoms with van der Waals surface area (Å²) in [6.07, 6.45) is 1.07. The minimum Gasteiger partial charge on any atom is -0.126 e. The molecular weight excluding hydrogens is 167 g/mol. The van der Waals surface area contributed by atoms with Gasteiger partial charge in [-0.2, -0.15) is 0 Å². The third-order valence-corrected chi connectivity index (χ3v) is 1.80. The monoisotopic (exact) mass is 184 g/mol. The van der Waals surface area contributed by atoms with Gasteiger partial charge in [-0.1, -0.05) is 20.8 Å². The molecule has 0 rings (SSSR count). The van der Waals surface area contributed by atoms with Gasteiger partial charge in [0.2, 0.25) is 0 Å². The van der Waals surface area contributed by atoms with Crippen molar-refractivity contribution in [2.24, 2.45) is 5.92 Å². The Bertz CT molecular complexity index is 43.2. The van der Waals surface area contributed by atoms with E-state index in [-0.39, 0.29) is 0 Å². The molecule has 0 aromatic rings. The lowest BCUT2D eigenvalue weighted by atomic mass is 10.3. The highest BCUT2D eigenvalue weighted by Gasteiger charge is 1.83. The Balaban J connectivity index is 0. The van der Waals surface area contributed by atoms with Crippen molar-refractivity contribution in [3.63, 3.8) is 0 Å².